The van der Waals surface area contributed by atoms with Crippen molar-refractivity contribution in [2.45, 2.75) is 24.2 Å². The fourth-order valence-corrected chi connectivity index (χ4v) is 3.56. The van der Waals surface area contributed by atoms with Gasteiger partial charge in [0.25, 0.3) is 5.82 Å². The minimum absolute atomic E-state index is 0.0397. The average Bonchev–Trinajstić information content (AvgIpc) is 3.06. The number of alkyl halides is 6. The Hall–Kier alpha value is -2.27. The number of aryl methyl sites for hydroxylation is 1. The van der Waals surface area contributed by atoms with Gasteiger partial charge in [-0.15, -0.1) is 16.9 Å². The molecule has 0 amide bonds. The van der Waals surface area contributed by atoms with Gasteiger partial charge in [-0.2, -0.15) is 26.3 Å². The highest BCUT2D eigenvalue weighted by molar-refractivity contribution is 7.99. The van der Waals surface area contributed by atoms with Gasteiger partial charge in [0.05, 0.1) is 10.8 Å². The lowest BCUT2D eigenvalue weighted by atomic mass is 10.2. The van der Waals surface area contributed by atoms with Crippen molar-refractivity contribution in [1.29, 1.82) is 0 Å². The Morgan fingerprint density at radius 1 is 1.07 bits per heavy atom. The molecule has 0 radical (unpaired) electrons. The summed E-state index contributed by atoms with van der Waals surface area (Å²) in [6.07, 6.45) is -9.42. The lowest BCUT2D eigenvalue weighted by Gasteiger charge is -2.13. The van der Waals surface area contributed by atoms with Crippen molar-refractivity contribution in [2.24, 2.45) is 0 Å². The highest BCUT2D eigenvalue weighted by atomic mass is 35.5. The van der Waals surface area contributed by atoms with Gasteiger partial charge in [-0.05, 0) is 36.8 Å². The largest absolute Gasteiger partial charge is 0.453 e. The van der Waals surface area contributed by atoms with Gasteiger partial charge in [-0.1, -0.05) is 23.7 Å². The second-order valence-corrected chi connectivity index (χ2v) is 7.55. The SMILES string of the molecule is Cc1cc(F)c(-n2nc(C(F)(F)F)nc2-c2ccccc2Cl)cc1SCC(F)(F)F. The van der Waals surface area contributed by atoms with Crippen LogP contribution in [0.2, 0.25) is 5.02 Å². The molecule has 3 nitrogen and oxygen atoms in total. The van der Waals surface area contributed by atoms with Crippen molar-refractivity contribution < 1.29 is 30.7 Å². The smallest absolute Gasteiger partial charge is 0.210 e. The van der Waals surface area contributed by atoms with Crippen molar-refractivity contribution in [2.75, 3.05) is 5.75 Å². The predicted molar refractivity (Wildman–Crippen MR) is 98.3 cm³/mol. The zero-order valence-electron chi connectivity index (χ0n) is 14.9. The van der Waals surface area contributed by atoms with Crippen LogP contribution in [0.25, 0.3) is 17.1 Å². The number of hydrogen-bond donors (Lipinski definition) is 0. The summed E-state index contributed by atoms with van der Waals surface area (Å²) in [5, 5.41) is 3.40. The zero-order chi connectivity index (χ0) is 22.3. The molecule has 0 unspecified atom stereocenters. The summed E-state index contributed by atoms with van der Waals surface area (Å²) in [4.78, 5) is 3.50. The molecule has 30 heavy (non-hydrogen) atoms. The van der Waals surface area contributed by atoms with E-state index in [0.717, 1.165) is 12.1 Å². The molecule has 0 fully saturated rings. The fraction of sp³-hybridized carbons (Fsp3) is 0.222. The minimum atomic E-state index is -4.93. The van der Waals surface area contributed by atoms with Crippen LogP contribution in [0.3, 0.4) is 0 Å². The molecule has 0 aliphatic heterocycles. The van der Waals surface area contributed by atoms with E-state index in [0.29, 0.717) is 16.4 Å². The number of thioether (sulfide) groups is 1. The first kappa shape index (κ1) is 22.4. The van der Waals surface area contributed by atoms with E-state index >= 15 is 0 Å². The number of hydrogen-bond acceptors (Lipinski definition) is 3. The normalized spacial score (nSPS) is 12.4. The van der Waals surface area contributed by atoms with Gasteiger partial charge in [-0.25, -0.2) is 14.1 Å². The molecule has 0 saturated carbocycles. The molecule has 1 heterocycles. The summed E-state index contributed by atoms with van der Waals surface area (Å²) in [5.74, 6) is -4.17. The van der Waals surface area contributed by atoms with Crippen LogP contribution in [-0.4, -0.2) is 26.7 Å². The monoisotopic (exact) mass is 469 g/mol. The van der Waals surface area contributed by atoms with Gasteiger partial charge >= 0.3 is 12.4 Å². The lowest BCUT2D eigenvalue weighted by Crippen LogP contribution is -2.11. The quantitative estimate of drug-likeness (QED) is 0.314. The number of rotatable bonds is 4. The van der Waals surface area contributed by atoms with Crippen LogP contribution in [-0.2, 0) is 6.18 Å². The molecular formula is C18H11ClF7N3S. The molecule has 160 valence electrons. The molecular weight excluding hydrogens is 459 g/mol. The molecule has 12 heteroatoms. The van der Waals surface area contributed by atoms with E-state index in [2.05, 4.69) is 10.1 Å². The predicted octanol–water partition coefficient (Wildman–Crippen LogP) is 6.71. The summed E-state index contributed by atoms with van der Waals surface area (Å²) >= 11 is 6.44. The maximum absolute atomic E-state index is 14.7. The lowest BCUT2D eigenvalue weighted by molar-refractivity contribution is -0.144. The Bertz CT molecular complexity index is 1080. The summed E-state index contributed by atoms with van der Waals surface area (Å²) in [6.45, 7) is 1.39. The van der Waals surface area contributed by atoms with Crippen molar-refractivity contribution in [1.82, 2.24) is 14.8 Å². The molecule has 2 aromatic carbocycles. The third-order valence-corrected chi connectivity index (χ3v) is 5.39. The van der Waals surface area contributed by atoms with E-state index in [1.54, 1.807) is 0 Å². The number of aromatic nitrogens is 3. The Labute approximate surface area is 174 Å². The number of nitrogens with zero attached hydrogens (tertiary/aromatic N) is 3. The second kappa shape index (κ2) is 8.10. The Kier molecular flexibility index (Phi) is 6.06. The van der Waals surface area contributed by atoms with E-state index in [1.807, 2.05) is 0 Å². The minimum Gasteiger partial charge on any atom is -0.210 e. The van der Waals surface area contributed by atoms with Crippen LogP contribution in [0, 0.1) is 12.7 Å². The zero-order valence-corrected chi connectivity index (χ0v) is 16.5. The van der Waals surface area contributed by atoms with Gasteiger partial charge in [-0.3, -0.25) is 0 Å². The van der Waals surface area contributed by atoms with Crippen LogP contribution in [0.4, 0.5) is 30.7 Å². The molecule has 0 bridgehead atoms. The van der Waals surface area contributed by atoms with Gasteiger partial charge in [0.1, 0.15) is 11.5 Å². The Morgan fingerprint density at radius 2 is 1.73 bits per heavy atom. The standard InChI is InChI=1S/C18H11ClF7N3S/c1-9-6-12(20)13(7-14(9)30-8-17(21,22)23)29-15(10-4-2-3-5-11(10)19)27-16(28-29)18(24,25)26/h2-7H,8H2,1H3. The summed E-state index contributed by atoms with van der Waals surface area (Å²) in [6, 6.07) is 7.74. The molecule has 3 rings (SSSR count). The van der Waals surface area contributed by atoms with E-state index in [4.69, 9.17) is 11.6 Å². The first-order valence-corrected chi connectivity index (χ1v) is 9.52. The Balaban J connectivity index is 2.19. The first-order valence-electron chi connectivity index (χ1n) is 8.16. The maximum Gasteiger partial charge on any atom is 0.453 e. The molecule has 0 saturated heterocycles. The molecule has 1 aromatic heterocycles. The summed E-state index contributed by atoms with van der Waals surface area (Å²) in [5.41, 5.74) is -0.240. The Morgan fingerprint density at radius 3 is 2.33 bits per heavy atom. The fourth-order valence-electron chi connectivity index (χ4n) is 2.54. The first-order chi connectivity index (χ1) is 13.9. The molecule has 0 spiro atoms. The van der Waals surface area contributed by atoms with Crippen molar-refractivity contribution in [3.05, 3.63) is 58.6 Å². The highest BCUT2D eigenvalue weighted by Gasteiger charge is 2.38. The molecule has 0 aliphatic rings. The van der Waals surface area contributed by atoms with E-state index in [9.17, 15) is 30.7 Å². The molecule has 0 aliphatic carbocycles. The van der Waals surface area contributed by atoms with Crippen molar-refractivity contribution in [3.8, 4) is 17.1 Å². The highest BCUT2D eigenvalue weighted by Crippen LogP contribution is 2.36. The van der Waals surface area contributed by atoms with Gasteiger partial charge in [0.15, 0.2) is 5.82 Å². The molecule has 3 aromatic rings. The van der Waals surface area contributed by atoms with Crippen LogP contribution < -0.4 is 0 Å². The summed E-state index contributed by atoms with van der Waals surface area (Å²) < 4.78 is 92.6. The third kappa shape index (κ3) is 4.89. The third-order valence-electron chi connectivity index (χ3n) is 3.84. The summed E-state index contributed by atoms with van der Waals surface area (Å²) in [7, 11) is 0. The number of halogens is 8. The molecule has 0 N–H and O–H groups in total. The van der Waals surface area contributed by atoms with Gasteiger partial charge in [0.2, 0.25) is 0 Å². The van der Waals surface area contributed by atoms with Gasteiger partial charge in [0, 0.05) is 10.5 Å². The molecule has 0 atom stereocenters. The van der Waals surface area contributed by atoms with Crippen LogP contribution in [0.15, 0.2) is 41.3 Å². The van der Waals surface area contributed by atoms with Gasteiger partial charge < -0.3 is 0 Å². The second-order valence-electron chi connectivity index (χ2n) is 6.12. The van der Waals surface area contributed by atoms with E-state index in [1.165, 1.54) is 31.2 Å². The van der Waals surface area contributed by atoms with E-state index < -0.39 is 41.3 Å². The number of benzene rings is 2. The maximum atomic E-state index is 14.7. The van der Waals surface area contributed by atoms with Crippen molar-refractivity contribution in [3.63, 3.8) is 0 Å². The van der Waals surface area contributed by atoms with Crippen LogP contribution in [0.5, 0.6) is 0 Å². The topological polar surface area (TPSA) is 30.7 Å². The van der Waals surface area contributed by atoms with E-state index in [-0.39, 0.29) is 21.0 Å². The van der Waals surface area contributed by atoms with Crippen molar-refractivity contribution >= 4 is 23.4 Å². The average molecular weight is 470 g/mol. The van der Waals surface area contributed by atoms with Crippen LogP contribution in [0.1, 0.15) is 11.4 Å². The van der Waals surface area contributed by atoms with Crippen LogP contribution >= 0.6 is 23.4 Å².